The monoisotopic (exact) mass is 380 g/mol. The molecule has 3 saturated heterocycles. The summed E-state index contributed by atoms with van der Waals surface area (Å²) in [7, 11) is 0. The van der Waals surface area contributed by atoms with Crippen molar-refractivity contribution in [1.29, 1.82) is 0 Å². The summed E-state index contributed by atoms with van der Waals surface area (Å²) < 4.78 is 11.4. The molecule has 4 bridgehead atoms. The molecule has 4 saturated carbocycles. The Bertz CT molecular complexity index is 747. The lowest BCUT2D eigenvalue weighted by atomic mass is 9.35. The number of aliphatic hydroxyl groups is 4. The van der Waals surface area contributed by atoms with Crippen LogP contribution in [-0.4, -0.2) is 69.1 Å². The molecule has 4 N–H and O–H groups in total. The van der Waals surface area contributed by atoms with Crippen molar-refractivity contribution in [3.8, 4) is 0 Å². The Morgan fingerprint density at radius 3 is 2.37 bits per heavy atom. The first-order valence-electron chi connectivity index (χ1n) is 10.2. The van der Waals surface area contributed by atoms with Crippen LogP contribution < -0.4 is 0 Å². The molecule has 7 rings (SSSR count). The molecule has 0 radical (unpaired) electrons. The summed E-state index contributed by atoms with van der Waals surface area (Å²) in [6.45, 7) is 4.45. The number of rotatable bonds is 0. The Morgan fingerprint density at radius 1 is 1.00 bits per heavy atom. The number of epoxide rings is 1. The fourth-order valence-corrected chi connectivity index (χ4v) is 8.53. The van der Waals surface area contributed by atoms with Crippen LogP contribution in [0.25, 0.3) is 0 Å². The summed E-state index contributed by atoms with van der Waals surface area (Å²) in [4.78, 5) is 13.7. The minimum absolute atomic E-state index is 0.0980. The van der Waals surface area contributed by atoms with Crippen molar-refractivity contribution >= 4 is 5.78 Å². The average Bonchev–Trinajstić information content (AvgIpc) is 3.40. The maximum atomic E-state index is 13.7. The van der Waals surface area contributed by atoms with Gasteiger partial charge in [0.25, 0.3) is 0 Å². The van der Waals surface area contributed by atoms with Crippen LogP contribution >= 0.6 is 0 Å². The number of carbonyl (C=O) groups is 1. The van der Waals surface area contributed by atoms with E-state index in [0.717, 1.165) is 6.42 Å². The Morgan fingerprint density at radius 2 is 1.70 bits per heavy atom. The quantitative estimate of drug-likeness (QED) is 0.422. The maximum absolute atomic E-state index is 13.7. The first-order chi connectivity index (χ1) is 12.6. The zero-order chi connectivity index (χ0) is 19.2. The Hall–Kier alpha value is -0.570. The third kappa shape index (κ3) is 1.41. The smallest absolute Gasteiger partial charge is 0.208 e. The van der Waals surface area contributed by atoms with Crippen molar-refractivity contribution in [2.24, 2.45) is 34.0 Å². The molecule has 3 heterocycles. The normalized spacial score (nSPS) is 65.2. The zero-order valence-electron chi connectivity index (χ0n) is 15.7. The van der Waals surface area contributed by atoms with Gasteiger partial charge in [0.2, 0.25) is 5.79 Å². The van der Waals surface area contributed by atoms with E-state index in [1.54, 1.807) is 0 Å². The van der Waals surface area contributed by atoms with Crippen LogP contribution in [-0.2, 0) is 14.3 Å². The average molecular weight is 380 g/mol. The van der Waals surface area contributed by atoms with Crippen LogP contribution in [0.3, 0.4) is 0 Å². The third-order valence-electron chi connectivity index (χ3n) is 9.58. The Labute approximate surface area is 157 Å². The van der Waals surface area contributed by atoms with Crippen LogP contribution in [0.2, 0.25) is 0 Å². The van der Waals surface area contributed by atoms with Gasteiger partial charge in [-0.3, -0.25) is 4.79 Å². The summed E-state index contributed by atoms with van der Waals surface area (Å²) in [6.07, 6.45) is -0.724. The summed E-state index contributed by atoms with van der Waals surface area (Å²) in [6, 6.07) is 0. The minimum atomic E-state index is -2.15. The number of fused-ring (bicyclic) bond motifs is 3. The maximum Gasteiger partial charge on any atom is 0.208 e. The van der Waals surface area contributed by atoms with Gasteiger partial charge >= 0.3 is 0 Å². The van der Waals surface area contributed by atoms with E-state index < -0.39 is 52.4 Å². The highest BCUT2D eigenvalue weighted by Crippen LogP contribution is 2.78. The number of aliphatic hydroxyl groups excluding tert-OH is 3. The van der Waals surface area contributed by atoms with E-state index in [4.69, 9.17) is 9.47 Å². The van der Waals surface area contributed by atoms with Gasteiger partial charge in [0.05, 0.1) is 25.4 Å². The van der Waals surface area contributed by atoms with Crippen LogP contribution in [0.5, 0.6) is 0 Å². The van der Waals surface area contributed by atoms with Gasteiger partial charge in [-0.2, -0.15) is 0 Å². The van der Waals surface area contributed by atoms with E-state index in [0.29, 0.717) is 19.3 Å². The molecule has 7 aliphatic rings. The van der Waals surface area contributed by atoms with Gasteiger partial charge in [0.15, 0.2) is 11.4 Å². The summed E-state index contributed by atoms with van der Waals surface area (Å²) in [5.41, 5.74) is -3.86. The number of hydrogen-bond donors (Lipinski definition) is 4. The summed E-state index contributed by atoms with van der Waals surface area (Å²) in [5, 5.41) is 45.6. The molecule has 7 nitrogen and oxygen atoms in total. The zero-order valence-corrected chi connectivity index (χ0v) is 15.7. The number of ether oxygens (including phenoxy) is 2. The molecule has 10 atom stereocenters. The van der Waals surface area contributed by atoms with Crippen LogP contribution in [0.15, 0.2) is 0 Å². The standard InChI is InChI=1S/C20H28O7/c1-16(2)6-5-11(21)17-7-27-20(25,14(23)12(16)17)19-10(17)4-3-9(13(19)22)18(8-26-18)15(19)24/h9-14,21-23,25H,3-8H2,1-2H3/t9-,10+,11+,12-,13-,14+,17-,18-,19-,20+/m1/s1. The molecule has 3 spiro atoms. The first kappa shape index (κ1) is 17.3. The topological polar surface area (TPSA) is 120 Å². The molecule has 27 heavy (non-hydrogen) atoms. The molecule has 7 heteroatoms. The predicted molar refractivity (Wildman–Crippen MR) is 90.2 cm³/mol. The van der Waals surface area contributed by atoms with Crippen molar-refractivity contribution in [1.82, 2.24) is 0 Å². The highest BCUT2D eigenvalue weighted by atomic mass is 16.6. The second-order valence-electron chi connectivity index (χ2n) is 10.6. The molecule has 4 aliphatic carbocycles. The van der Waals surface area contributed by atoms with Crippen molar-refractivity contribution in [3.63, 3.8) is 0 Å². The number of carbonyl (C=O) groups excluding carboxylic acids is 1. The largest absolute Gasteiger partial charge is 0.392 e. The van der Waals surface area contributed by atoms with Gasteiger partial charge in [0.1, 0.15) is 11.5 Å². The highest BCUT2D eigenvalue weighted by Gasteiger charge is 2.91. The first-order valence-corrected chi connectivity index (χ1v) is 10.2. The minimum Gasteiger partial charge on any atom is -0.392 e. The SMILES string of the molecule is CC1(C)CC[C@H](O)[C@]23CO[C@@](O)([C@@H](O)[C@H]12)[C@]12C(=O)[C@@]4(CO4)[C@H](CC[C@@H]31)[C@H]2O. The van der Waals surface area contributed by atoms with Gasteiger partial charge in [-0.25, -0.2) is 0 Å². The fraction of sp³-hybridized carbons (Fsp3) is 0.950. The van der Waals surface area contributed by atoms with E-state index in [1.165, 1.54) is 0 Å². The van der Waals surface area contributed by atoms with Gasteiger partial charge in [-0.1, -0.05) is 13.8 Å². The van der Waals surface area contributed by atoms with E-state index >= 15 is 0 Å². The third-order valence-corrected chi connectivity index (χ3v) is 9.58. The fourth-order valence-electron chi connectivity index (χ4n) is 8.53. The number of hydrogen-bond acceptors (Lipinski definition) is 7. The van der Waals surface area contributed by atoms with Crippen LogP contribution in [0.4, 0.5) is 0 Å². The van der Waals surface area contributed by atoms with Crippen molar-refractivity contribution < 1.29 is 34.7 Å². The molecular weight excluding hydrogens is 352 g/mol. The van der Waals surface area contributed by atoms with E-state index in [9.17, 15) is 25.2 Å². The van der Waals surface area contributed by atoms with E-state index in [2.05, 4.69) is 13.8 Å². The molecule has 0 unspecified atom stereocenters. The lowest BCUT2D eigenvalue weighted by molar-refractivity contribution is -0.458. The van der Waals surface area contributed by atoms with Gasteiger partial charge in [-0.15, -0.1) is 0 Å². The van der Waals surface area contributed by atoms with Gasteiger partial charge < -0.3 is 29.9 Å². The van der Waals surface area contributed by atoms with E-state index in [-0.39, 0.29) is 30.3 Å². The molecule has 3 aliphatic heterocycles. The molecule has 150 valence electrons. The molecule has 0 aromatic heterocycles. The van der Waals surface area contributed by atoms with Crippen molar-refractivity contribution in [3.05, 3.63) is 0 Å². The second kappa shape index (κ2) is 4.45. The summed E-state index contributed by atoms with van der Waals surface area (Å²) in [5.74, 6) is -3.71. The van der Waals surface area contributed by atoms with Crippen molar-refractivity contribution in [2.45, 2.75) is 69.2 Å². The molecule has 7 fully saturated rings. The van der Waals surface area contributed by atoms with E-state index in [1.807, 2.05) is 0 Å². The molecule has 0 amide bonds. The highest BCUT2D eigenvalue weighted by molar-refractivity contribution is 6.00. The summed E-state index contributed by atoms with van der Waals surface area (Å²) >= 11 is 0. The van der Waals surface area contributed by atoms with Crippen molar-refractivity contribution in [2.75, 3.05) is 13.2 Å². The lowest BCUT2D eigenvalue weighted by Crippen LogP contribution is -2.85. The molecule has 0 aromatic carbocycles. The molecular formula is C20H28O7. The molecule has 0 aromatic rings. The van der Waals surface area contributed by atoms with Gasteiger partial charge in [0, 0.05) is 17.3 Å². The van der Waals surface area contributed by atoms with Crippen LogP contribution in [0.1, 0.15) is 39.5 Å². The van der Waals surface area contributed by atoms with Gasteiger partial charge in [-0.05, 0) is 37.0 Å². The number of ketones is 1. The second-order valence-corrected chi connectivity index (χ2v) is 10.6. The Balaban J connectivity index is 1.64. The number of Topliss-reactive ketones (excluding diaryl/α,β-unsaturated/α-hetero) is 1. The van der Waals surface area contributed by atoms with Crippen LogP contribution in [0, 0.1) is 34.0 Å². The predicted octanol–water partition coefficient (Wildman–Crippen LogP) is -0.412. The Kier molecular flexibility index (Phi) is 2.85. The lowest BCUT2D eigenvalue weighted by Gasteiger charge is -2.74.